The number of hydrogen-bond acceptors (Lipinski definition) is 4. The van der Waals surface area contributed by atoms with Gasteiger partial charge in [-0.1, -0.05) is 39.0 Å². The fourth-order valence-electron chi connectivity index (χ4n) is 2.28. The molecule has 0 aromatic carbocycles. The summed E-state index contributed by atoms with van der Waals surface area (Å²) < 4.78 is 17.8. The number of hydrogen-bond donors (Lipinski definition) is 1. The summed E-state index contributed by atoms with van der Waals surface area (Å²) in [6.45, 7) is 21.0. The summed E-state index contributed by atoms with van der Waals surface area (Å²) in [5.74, 6) is 0. The smallest absolute Gasteiger partial charge is 0.408 e. The third kappa shape index (κ3) is 7.25. The van der Waals surface area contributed by atoms with Gasteiger partial charge in [-0.05, 0) is 45.3 Å². The molecule has 5 nitrogen and oxygen atoms in total. The lowest BCUT2D eigenvalue weighted by Gasteiger charge is -2.38. The van der Waals surface area contributed by atoms with Crippen molar-refractivity contribution in [3.8, 4) is 0 Å². The first-order valence-corrected chi connectivity index (χ1v) is 12.2. The molecule has 0 fully saturated rings. The van der Waals surface area contributed by atoms with Crippen molar-refractivity contribution >= 4 is 14.4 Å². The zero-order chi connectivity index (χ0) is 20.2. The maximum absolute atomic E-state index is 12.1. The Labute approximate surface area is 160 Å². The maximum Gasteiger partial charge on any atom is 0.408 e. The van der Waals surface area contributed by atoms with Crippen LogP contribution < -0.4 is 5.32 Å². The normalized spacial score (nSPS) is 24.2. The van der Waals surface area contributed by atoms with Crippen LogP contribution in [0.2, 0.25) is 18.1 Å². The molecule has 0 unspecified atom stereocenters. The van der Waals surface area contributed by atoms with Gasteiger partial charge in [-0.25, -0.2) is 4.79 Å². The molecule has 1 aliphatic heterocycles. The lowest BCUT2D eigenvalue weighted by atomic mass is 10.0. The fourth-order valence-corrected chi connectivity index (χ4v) is 3.29. The van der Waals surface area contributed by atoms with Gasteiger partial charge in [-0.15, -0.1) is 6.58 Å². The Bertz CT molecular complexity index is 517. The number of ether oxygens (including phenoxy) is 2. The Kier molecular flexibility index (Phi) is 7.69. The predicted molar refractivity (Wildman–Crippen MR) is 109 cm³/mol. The highest BCUT2D eigenvalue weighted by Gasteiger charge is 2.38. The zero-order valence-electron chi connectivity index (χ0n) is 17.7. The Morgan fingerprint density at radius 2 is 1.85 bits per heavy atom. The van der Waals surface area contributed by atoms with Crippen molar-refractivity contribution in [1.82, 2.24) is 5.32 Å². The number of carbonyl (C=O) groups excluding carboxylic acids is 1. The highest BCUT2D eigenvalue weighted by molar-refractivity contribution is 6.74. The largest absolute Gasteiger partial charge is 0.444 e. The second-order valence-electron chi connectivity index (χ2n) is 9.37. The first-order chi connectivity index (χ1) is 11.7. The molecular weight excluding hydrogens is 346 g/mol. The average Bonchev–Trinajstić information content (AvgIpc) is 2.44. The molecule has 0 radical (unpaired) electrons. The van der Waals surface area contributed by atoms with E-state index in [2.05, 4.69) is 45.8 Å². The molecule has 1 rings (SSSR count). The summed E-state index contributed by atoms with van der Waals surface area (Å²) in [4.78, 5) is 12.1. The molecule has 3 atom stereocenters. The zero-order valence-corrected chi connectivity index (χ0v) is 18.7. The molecule has 0 bridgehead atoms. The van der Waals surface area contributed by atoms with E-state index in [0.717, 1.165) is 0 Å². The Morgan fingerprint density at radius 3 is 2.35 bits per heavy atom. The molecule has 0 saturated heterocycles. The fraction of sp³-hybridized carbons (Fsp3) is 0.750. The van der Waals surface area contributed by atoms with E-state index in [1.807, 2.05) is 32.9 Å². The lowest BCUT2D eigenvalue weighted by molar-refractivity contribution is -0.0312. The minimum atomic E-state index is -1.82. The topological polar surface area (TPSA) is 56.8 Å². The van der Waals surface area contributed by atoms with Gasteiger partial charge in [0.05, 0.1) is 24.9 Å². The Morgan fingerprint density at radius 1 is 1.23 bits per heavy atom. The van der Waals surface area contributed by atoms with Crippen LogP contribution in [0.15, 0.2) is 24.8 Å². The van der Waals surface area contributed by atoms with Gasteiger partial charge < -0.3 is 19.2 Å². The summed E-state index contributed by atoms with van der Waals surface area (Å²) in [7, 11) is -1.82. The summed E-state index contributed by atoms with van der Waals surface area (Å²) in [5, 5.41) is 3.03. The van der Waals surface area contributed by atoms with Crippen LogP contribution >= 0.6 is 0 Å². The van der Waals surface area contributed by atoms with Crippen molar-refractivity contribution in [1.29, 1.82) is 0 Å². The number of alkyl carbamates (subject to hydrolysis) is 1. The second kappa shape index (κ2) is 8.72. The van der Waals surface area contributed by atoms with Gasteiger partial charge in [0, 0.05) is 0 Å². The quantitative estimate of drug-likeness (QED) is 0.529. The van der Waals surface area contributed by atoms with E-state index in [0.29, 0.717) is 13.0 Å². The molecule has 1 heterocycles. The lowest BCUT2D eigenvalue weighted by Crippen LogP contribution is -2.49. The Hall–Kier alpha value is -1.11. The van der Waals surface area contributed by atoms with E-state index in [4.69, 9.17) is 13.9 Å². The van der Waals surface area contributed by atoms with Crippen LogP contribution in [-0.4, -0.2) is 44.9 Å². The van der Waals surface area contributed by atoms with E-state index >= 15 is 0 Å². The number of rotatable bonds is 6. The van der Waals surface area contributed by atoms with Crippen molar-refractivity contribution in [2.75, 3.05) is 6.61 Å². The summed E-state index contributed by atoms with van der Waals surface area (Å²) in [6, 6.07) is -0.244. The molecule has 0 spiro atoms. The van der Waals surface area contributed by atoms with E-state index in [9.17, 15) is 4.79 Å². The SMILES string of the molecule is C=CC[C@H]1O[C@H](CO[Si](C)(C)C(C)(C)C)C=C[C@H]1NC(=O)OC(C)(C)C. The highest BCUT2D eigenvalue weighted by Crippen LogP contribution is 2.36. The molecule has 0 saturated carbocycles. The van der Waals surface area contributed by atoms with Gasteiger partial charge in [-0.3, -0.25) is 0 Å². The molecule has 6 heteroatoms. The van der Waals surface area contributed by atoms with E-state index in [-0.39, 0.29) is 23.3 Å². The molecule has 1 aliphatic rings. The first kappa shape index (κ1) is 22.9. The van der Waals surface area contributed by atoms with Crippen molar-refractivity contribution in [2.45, 2.75) is 89.9 Å². The third-order valence-electron chi connectivity index (χ3n) is 4.78. The molecular formula is C20H37NO4Si. The molecule has 0 aliphatic carbocycles. The maximum atomic E-state index is 12.1. The van der Waals surface area contributed by atoms with E-state index < -0.39 is 20.0 Å². The van der Waals surface area contributed by atoms with Gasteiger partial charge in [0.1, 0.15) is 5.60 Å². The van der Waals surface area contributed by atoms with Crippen LogP contribution in [0.5, 0.6) is 0 Å². The molecule has 1 N–H and O–H groups in total. The molecule has 1 amide bonds. The van der Waals surface area contributed by atoms with Crippen LogP contribution in [0.1, 0.15) is 48.0 Å². The predicted octanol–water partition coefficient (Wildman–Crippen LogP) is 4.80. The standard InChI is InChI=1S/C20H37NO4Si/c1-10-11-17-16(21-18(22)25-19(2,3)4)13-12-15(24-17)14-23-26(8,9)20(5,6)7/h10,12-13,15-17H,1,11,14H2,2-9H3,(H,21,22)/t15-,16+,17+/m0/s1. The van der Waals surface area contributed by atoms with E-state index in [1.165, 1.54) is 0 Å². The molecule has 0 aromatic heterocycles. The van der Waals surface area contributed by atoms with Gasteiger partial charge >= 0.3 is 6.09 Å². The van der Waals surface area contributed by atoms with Gasteiger partial charge in [0.25, 0.3) is 0 Å². The van der Waals surface area contributed by atoms with Crippen LogP contribution in [0, 0.1) is 0 Å². The van der Waals surface area contributed by atoms with Crippen LogP contribution in [-0.2, 0) is 13.9 Å². The summed E-state index contributed by atoms with van der Waals surface area (Å²) in [6.07, 6.45) is 5.64. The van der Waals surface area contributed by atoms with Crippen molar-refractivity contribution in [3.63, 3.8) is 0 Å². The van der Waals surface area contributed by atoms with Crippen LogP contribution in [0.3, 0.4) is 0 Å². The van der Waals surface area contributed by atoms with Crippen LogP contribution in [0.4, 0.5) is 4.79 Å². The van der Waals surface area contributed by atoms with Gasteiger partial charge in [0.2, 0.25) is 0 Å². The number of amides is 1. The average molecular weight is 384 g/mol. The van der Waals surface area contributed by atoms with Gasteiger partial charge in [-0.2, -0.15) is 0 Å². The minimum absolute atomic E-state index is 0.120. The van der Waals surface area contributed by atoms with Crippen molar-refractivity contribution < 1.29 is 18.7 Å². The summed E-state index contributed by atoms with van der Waals surface area (Å²) in [5.41, 5.74) is -0.531. The molecule has 26 heavy (non-hydrogen) atoms. The van der Waals surface area contributed by atoms with Crippen molar-refractivity contribution in [3.05, 3.63) is 24.8 Å². The number of nitrogens with one attached hydrogen (secondary N) is 1. The molecule has 150 valence electrons. The minimum Gasteiger partial charge on any atom is -0.444 e. The first-order valence-electron chi connectivity index (χ1n) is 9.33. The van der Waals surface area contributed by atoms with E-state index in [1.54, 1.807) is 6.08 Å². The van der Waals surface area contributed by atoms with Crippen molar-refractivity contribution in [2.24, 2.45) is 0 Å². The number of carbonyl (C=O) groups is 1. The monoisotopic (exact) mass is 383 g/mol. The Balaban J connectivity index is 2.71. The highest BCUT2D eigenvalue weighted by atomic mass is 28.4. The second-order valence-corrected chi connectivity index (χ2v) is 14.2. The van der Waals surface area contributed by atoms with Crippen LogP contribution in [0.25, 0.3) is 0 Å². The third-order valence-corrected chi connectivity index (χ3v) is 9.28. The summed E-state index contributed by atoms with van der Waals surface area (Å²) >= 11 is 0. The molecule has 0 aromatic rings. The van der Waals surface area contributed by atoms with Gasteiger partial charge in [0.15, 0.2) is 8.32 Å².